The van der Waals surface area contributed by atoms with Crippen molar-refractivity contribution in [2.45, 2.75) is 12.8 Å². The Bertz CT molecular complexity index is 500. The maximum absolute atomic E-state index is 11.6. The molecule has 0 fully saturated rings. The van der Waals surface area contributed by atoms with E-state index in [-0.39, 0.29) is 5.91 Å². The van der Waals surface area contributed by atoms with Crippen LogP contribution in [0.1, 0.15) is 12.0 Å². The number of carbonyl (C=O) groups excluding carboxylic acids is 1. The Morgan fingerprint density at radius 1 is 1.33 bits per heavy atom. The van der Waals surface area contributed by atoms with Crippen LogP contribution in [0.5, 0.6) is 11.5 Å². The highest BCUT2D eigenvalue weighted by Gasteiger charge is 2.05. The molecule has 6 heteroatoms. The number of hydrogen-bond acceptors (Lipinski definition) is 5. The predicted octanol–water partition coefficient (Wildman–Crippen LogP) is 2.01. The summed E-state index contributed by atoms with van der Waals surface area (Å²) in [6, 6.07) is 7.77. The zero-order valence-electron chi connectivity index (χ0n) is 12.3. The maximum atomic E-state index is 11.6. The number of rotatable bonds is 9. The second-order valence-corrected chi connectivity index (χ2v) is 5.36. The molecule has 0 heterocycles. The summed E-state index contributed by atoms with van der Waals surface area (Å²) in [7, 11) is 3.20. The van der Waals surface area contributed by atoms with E-state index in [1.165, 1.54) is 11.8 Å². The highest BCUT2D eigenvalue weighted by Crippen LogP contribution is 2.27. The molecule has 0 bridgehead atoms. The van der Waals surface area contributed by atoms with E-state index in [1.807, 2.05) is 18.2 Å². The highest BCUT2D eigenvalue weighted by molar-refractivity contribution is 7.99. The van der Waals surface area contributed by atoms with Crippen LogP contribution >= 0.6 is 11.8 Å². The van der Waals surface area contributed by atoms with Crippen molar-refractivity contribution in [1.29, 1.82) is 5.26 Å². The van der Waals surface area contributed by atoms with E-state index in [9.17, 15) is 4.79 Å². The van der Waals surface area contributed by atoms with Gasteiger partial charge in [0.2, 0.25) is 5.91 Å². The van der Waals surface area contributed by atoms with Gasteiger partial charge in [-0.15, -0.1) is 0 Å². The monoisotopic (exact) mass is 308 g/mol. The van der Waals surface area contributed by atoms with Crippen LogP contribution in [0.15, 0.2) is 18.2 Å². The normalized spacial score (nSPS) is 9.76. The minimum absolute atomic E-state index is 0.00147. The van der Waals surface area contributed by atoms with Crippen molar-refractivity contribution >= 4 is 17.7 Å². The Hall–Kier alpha value is -1.87. The van der Waals surface area contributed by atoms with Crippen LogP contribution in [-0.4, -0.2) is 38.2 Å². The summed E-state index contributed by atoms with van der Waals surface area (Å²) in [5, 5.41) is 11.3. The van der Waals surface area contributed by atoms with Gasteiger partial charge in [0.05, 0.1) is 26.0 Å². The molecule has 0 aromatic heterocycles. The fourth-order valence-corrected chi connectivity index (χ4v) is 2.38. The Morgan fingerprint density at radius 2 is 2.10 bits per heavy atom. The molecule has 114 valence electrons. The van der Waals surface area contributed by atoms with Gasteiger partial charge in [-0.1, -0.05) is 6.07 Å². The summed E-state index contributed by atoms with van der Waals surface area (Å²) in [5.41, 5.74) is 1.07. The zero-order chi connectivity index (χ0) is 15.5. The number of benzene rings is 1. The predicted molar refractivity (Wildman–Crippen MR) is 83.8 cm³/mol. The zero-order valence-corrected chi connectivity index (χ0v) is 13.2. The van der Waals surface area contributed by atoms with E-state index in [0.29, 0.717) is 36.0 Å². The van der Waals surface area contributed by atoms with Crippen molar-refractivity contribution < 1.29 is 14.3 Å². The molecule has 0 radical (unpaired) electrons. The molecule has 1 N–H and O–H groups in total. The largest absolute Gasteiger partial charge is 0.493 e. The first-order valence-corrected chi connectivity index (χ1v) is 7.79. The van der Waals surface area contributed by atoms with Gasteiger partial charge in [0.1, 0.15) is 0 Å². The number of hydrogen-bond donors (Lipinski definition) is 1. The molecule has 21 heavy (non-hydrogen) atoms. The fourth-order valence-electron chi connectivity index (χ4n) is 1.72. The van der Waals surface area contributed by atoms with Gasteiger partial charge in [0.25, 0.3) is 0 Å². The van der Waals surface area contributed by atoms with Crippen molar-refractivity contribution in [1.82, 2.24) is 5.32 Å². The summed E-state index contributed by atoms with van der Waals surface area (Å²) < 4.78 is 10.4. The van der Waals surface area contributed by atoms with E-state index >= 15 is 0 Å². The van der Waals surface area contributed by atoms with E-state index < -0.39 is 0 Å². The van der Waals surface area contributed by atoms with Crippen molar-refractivity contribution in [2.75, 3.05) is 32.3 Å². The van der Waals surface area contributed by atoms with Gasteiger partial charge in [-0.3, -0.25) is 4.79 Å². The standard InChI is InChI=1S/C15H20N2O3S/c1-19-13-5-4-12(10-14(13)20-2)6-8-17-15(18)11-21-9-3-7-16/h4-5,10H,3,6,8-9,11H2,1-2H3,(H,17,18). The van der Waals surface area contributed by atoms with E-state index in [4.69, 9.17) is 14.7 Å². The second kappa shape index (κ2) is 9.94. The number of carbonyl (C=O) groups is 1. The first-order valence-electron chi connectivity index (χ1n) is 6.63. The third-order valence-corrected chi connectivity index (χ3v) is 3.73. The van der Waals surface area contributed by atoms with Crippen LogP contribution in [0, 0.1) is 11.3 Å². The Morgan fingerprint density at radius 3 is 2.76 bits per heavy atom. The summed E-state index contributed by atoms with van der Waals surface area (Å²) in [6.07, 6.45) is 1.21. The molecule has 0 atom stereocenters. The Labute approximate surface area is 129 Å². The molecular formula is C15H20N2O3S. The molecule has 5 nitrogen and oxygen atoms in total. The van der Waals surface area contributed by atoms with Gasteiger partial charge in [0.15, 0.2) is 11.5 Å². The third kappa shape index (κ3) is 6.41. The quantitative estimate of drug-likeness (QED) is 0.707. The molecule has 1 rings (SSSR count). The van der Waals surface area contributed by atoms with Gasteiger partial charge in [-0.05, 0) is 24.1 Å². The minimum Gasteiger partial charge on any atom is -0.493 e. The van der Waals surface area contributed by atoms with Gasteiger partial charge in [0, 0.05) is 18.7 Å². The second-order valence-electron chi connectivity index (χ2n) is 4.25. The molecule has 0 saturated carbocycles. The SMILES string of the molecule is COc1ccc(CCNC(=O)CSCCC#N)cc1OC. The van der Waals surface area contributed by atoms with Crippen molar-refractivity contribution in [3.05, 3.63) is 23.8 Å². The number of methoxy groups -OCH3 is 2. The number of nitrogens with zero attached hydrogens (tertiary/aromatic N) is 1. The van der Waals surface area contributed by atoms with Crippen LogP contribution in [0.2, 0.25) is 0 Å². The van der Waals surface area contributed by atoms with Crippen LogP contribution in [-0.2, 0) is 11.2 Å². The fraction of sp³-hybridized carbons (Fsp3) is 0.467. The Balaban J connectivity index is 2.32. The van der Waals surface area contributed by atoms with Gasteiger partial charge < -0.3 is 14.8 Å². The lowest BCUT2D eigenvalue weighted by Crippen LogP contribution is -2.27. The third-order valence-electron chi connectivity index (χ3n) is 2.78. The minimum atomic E-state index is -0.00147. The first-order chi connectivity index (χ1) is 10.2. The summed E-state index contributed by atoms with van der Waals surface area (Å²) >= 11 is 1.47. The number of nitriles is 1. The van der Waals surface area contributed by atoms with E-state index in [0.717, 1.165) is 12.0 Å². The lowest BCUT2D eigenvalue weighted by molar-refractivity contribution is -0.118. The molecule has 0 unspecified atom stereocenters. The number of amides is 1. The average molecular weight is 308 g/mol. The lowest BCUT2D eigenvalue weighted by atomic mass is 10.1. The smallest absolute Gasteiger partial charge is 0.230 e. The molecule has 1 aromatic rings. The number of ether oxygens (including phenoxy) is 2. The van der Waals surface area contributed by atoms with Crippen LogP contribution in [0.25, 0.3) is 0 Å². The molecule has 1 amide bonds. The maximum Gasteiger partial charge on any atom is 0.230 e. The highest BCUT2D eigenvalue weighted by atomic mass is 32.2. The molecular weight excluding hydrogens is 288 g/mol. The lowest BCUT2D eigenvalue weighted by Gasteiger charge is -2.10. The van der Waals surface area contributed by atoms with E-state index in [2.05, 4.69) is 11.4 Å². The van der Waals surface area contributed by atoms with Crippen molar-refractivity contribution in [3.63, 3.8) is 0 Å². The summed E-state index contributed by atoms with van der Waals surface area (Å²) in [6.45, 7) is 0.577. The van der Waals surface area contributed by atoms with Crippen LogP contribution in [0.3, 0.4) is 0 Å². The molecule has 0 aliphatic carbocycles. The number of thioether (sulfide) groups is 1. The van der Waals surface area contributed by atoms with Gasteiger partial charge >= 0.3 is 0 Å². The molecule has 0 aliphatic rings. The van der Waals surface area contributed by atoms with Crippen LogP contribution < -0.4 is 14.8 Å². The van der Waals surface area contributed by atoms with Crippen LogP contribution in [0.4, 0.5) is 0 Å². The molecule has 0 saturated heterocycles. The average Bonchev–Trinajstić information content (AvgIpc) is 2.51. The first kappa shape index (κ1) is 17.2. The van der Waals surface area contributed by atoms with Crippen molar-refractivity contribution in [2.24, 2.45) is 0 Å². The Kier molecular flexibility index (Phi) is 8.14. The van der Waals surface area contributed by atoms with Crippen molar-refractivity contribution in [3.8, 4) is 17.6 Å². The van der Waals surface area contributed by atoms with E-state index in [1.54, 1.807) is 14.2 Å². The number of nitrogens with one attached hydrogen (secondary N) is 1. The topological polar surface area (TPSA) is 71.3 Å². The summed E-state index contributed by atoms with van der Waals surface area (Å²) in [4.78, 5) is 11.6. The van der Waals surface area contributed by atoms with Gasteiger partial charge in [-0.2, -0.15) is 17.0 Å². The molecule has 0 spiro atoms. The summed E-state index contributed by atoms with van der Waals surface area (Å²) in [5.74, 6) is 2.47. The van der Waals surface area contributed by atoms with Gasteiger partial charge in [-0.25, -0.2) is 0 Å². The molecule has 0 aliphatic heterocycles. The molecule has 1 aromatic carbocycles.